The maximum Gasteiger partial charge on any atom is 0.272 e. The predicted octanol–water partition coefficient (Wildman–Crippen LogP) is 1.35. The number of aromatic nitrogens is 2. The number of nitrogens with one attached hydrogen (secondary N) is 1. The molecule has 0 saturated carbocycles. The molecule has 0 atom stereocenters. The molecule has 0 amide bonds. The molecule has 0 unspecified atom stereocenters. The van der Waals surface area contributed by atoms with E-state index in [0.29, 0.717) is 5.56 Å². The van der Waals surface area contributed by atoms with Crippen molar-refractivity contribution in [2.75, 3.05) is 0 Å². The Morgan fingerprint density at radius 2 is 2.00 bits per heavy atom. The number of rotatable bonds is 3. The van der Waals surface area contributed by atoms with Crippen molar-refractivity contribution in [1.82, 2.24) is 9.78 Å². The van der Waals surface area contributed by atoms with Gasteiger partial charge < -0.3 is 4.79 Å². The molecule has 0 aliphatic rings. The molecule has 1 N–H and O–H groups in total. The number of nitrogens with zero attached hydrogens (tertiary/aromatic N) is 1. The summed E-state index contributed by atoms with van der Waals surface area (Å²) in [4.78, 5) is 22.2. The minimum absolute atomic E-state index is 0.162. The zero-order chi connectivity index (χ0) is 11.5. The molecular formula is C12H12N2O2. The summed E-state index contributed by atoms with van der Waals surface area (Å²) < 4.78 is 1.55. The van der Waals surface area contributed by atoms with Crippen molar-refractivity contribution >= 4 is 6.29 Å². The van der Waals surface area contributed by atoms with Gasteiger partial charge in [-0.25, -0.2) is 0 Å². The summed E-state index contributed by atoms with van der Waals surface area (Å²) in [6.07, 6.45) is 0.762. The summed E-state index contributed by atoms with van der Waals surface area (Å²) in [6, 6.07) is 9.41. The average molecular weight is 216 g/mol. The van der Waals surface area contributed by atoms with Crippen molar-refractivity contribution in [3.8, 4) is 11.1 Å². The molecule has 4 nitrogen and oxygen atoms in total. The number of carbonyl (C=O) groups excluding carboxylic acids is 1. The van der Waals surface area contributed by atoms with Gasteiger partial charge in [-0.2, -0.15) is 0 Å². The summed E-state index contributed by atoms with van der Waals surface area (Å²) in [5, 5.41) is 2.64. The van der Waals surface area contributed by atoms with Crippen molar-refractivity contribution in [2.45, 2.75) is 13.5 Å². The van der Waals surface area contributed by atoms with Crippen LogP contribution in [0.2, 0.25) is 0 Å². The highest BCUT2D eigenvalue weighted by molar-refractivity contribution is 5.65. The molecular weight excluding hydrogens is 204 g/mol. The lowest BCUT2D eigenvalue weighted by molar-refractivity contribution is -0.108. The van der Waals surface area contributed by atoms with E-state index < -0.39 is 0 Å². The van der Waals surface area contributed by atoms with Gasteiger partial charge in [0.05, 0.1) is 12.1 Å². The van der Waals surface area contributed by atoms with Crippen molar-refractivity contribution in [2.24, 2.45) is 0 Å². The third-order valence-electron chi connectivity index (χ3n) is 2.55. The molecule has 0 radical (unpaired) electrons. The maximum absolute atomic E-state index is 11.7. The van der Waals surface area contributed by atoms with Crippen LogP contribution in [0.1, 0.15) is 5.69 Å². The van der Waals surface area contributed by atoms with Gasteiger partial charge >= 0.3 is 0 Å². The highest BCUT2D eigenvalue weighted by Crippen LogP contribution is 2.18. The fourth-order valence-corrected chi connectivity index (χ4v) is 1.76. The maximum atomic E-state index is 11.7. The van der Waals surface area contributed by atoms with Gasteiger partial charge in [-0.3, -0.25) is 14.6 Å². The molecule has 0 bridgehead atoms. The standard InChI is InChI=1S/C12H12N2O2/c1-9-11(10-5-3-2-4-6-10)12(16)13-14(9)7-8-15/h2-6,8H,7H2,1H3,(H,13,16). The summed E-state index contributed by atoms with van der Waals surface area (Å²) >= 11 is 0. The highest BCUT2D eigenvalue weighted by atomic mass is 16.1. The quantitative estimate of drug-likeness (QED) is 0.787. The summed E-state index contributed by atoms with van der Waals surface area (Å²) in [5.74, 6) is 0. The van der Waals surface area contributed by atoms with Gasteiger partial charge in [0.1, 0.15) is 6.29 Å². The van der Waals surface area contributed by atoms with Crippen LogP contribution >= 0.6 is 0 Å². The van der Waals surface area contributed by atoms with Crippen LogP contribution in [0.5, 0.6) is 0 Å². The van der Waals surface area contributed by atoms with E-state index in [9.17, 15) is 9.59 Å². The van der Waals surface area contributed by atoms with Crippen LogP contribution in [0, 0.1) is 6.92 Å². The Bertz CT molecular complexity index is 552. The number of aromatic amines is 1. The molecule has 0 aliphatic carbocycles. The molecule has 4 heteroatoms. The normalized spacial score (nSPS) is 10.3. The van der Waals surface area contributed by atoms with Crippen molar-refractivity contribution in [1.29, 1.82) is 0 Å². The molecule has 1 aromatic heterocycles. The smallest absolute Gasteiger partial charge is 0.272 e. The third kappa shape index (κ3) is 1.69. The Kier molecular flexibility index (Phi) is 2.72. The van der Waals surface area contributed by atoms with E-state index in [1.807, 2.05) is 37.3 Å². The van der Waals surface area contributed by atoms with Crippen molar-refractivity contribution < 1.29 is 4.79 Å². The number of benzene rings is 1. The minimum Gasteiger partial charge on any atom is -0.301 e. The molecule has 2 aromatic rings. The van der Waals surface area contributed by atoms with Gasteiger partial charge in [0.15, 0.2) is 0 Å². The topological polar surface area (TPSA) is 54.9 Å². The van der Waals surface area contributed by atoms with Crippen molar-refractivity contribution in [3.05, 3.63) is 46.4 Å². The Morgan fingerprint density at radius 3 is 2.62 bits per heavy atom. The fourth-order valence-electron chi connectivity index (χ4n) is 1.76. The summed E-state index contributed by atoms with van der Waals surface area (Å²) in [5.41, 5.74) is 2.11. The SMILES string of the molecule is Cc1c(-c2ccccc2)c(=O)[nH]n1CC=O. The largest absolute Gasteiger partial charge is 0.301 e. The van der Waals surface area contributed by atoms with E-state index in [2.05, 4.69) is 5.10 Å². The molecule has 0 fully saturated rings. The Balaban J connectivity index is 2.58. The first-order valence-electron chi connectivity index (χ1n) is 5.02. The molecule has 2 rings (SSSR count). The van der Waals surface area contributed by atoms with Gasteiger partial charge in [-0.1, -0.05) is 30.3 Å². The van der Waals surface area contributed by atoms with Crippen LogP contribution in [0.15, 0.2) is 35.1 Å². The second-order valence-electron chi connectivity index (χ2n) is 3.54. The molecule has 0 saturated heterocycles. The number of carbonyl (C=O) groups is 1. The van der Waals surface area contributed by atoms with Crippen LogP contribution < -0.4 is 5.56 Å². The lowest BCUT2D eigenvalue weighted by atomic mass is 10.1. The number of hydrogen-bond acceptors (Lipinski definition) is 2. The lowest BCUT2D eigenvalue weighted by Crippen LogP contribution is -2.07. The second kappa shape index (κ2) is 4.18. The van der Waals surface area contributed by atoms with Gasteiger partial charge in [0, 0.05) is 5.69 Å². The zero-order valence-electron chi connectivity index (χ0n) is 8.93. The van der Waals surface area contributed by atoms with Gasteiger partial charge in [-0.15, -0.1) is 0 Å². The van der Waals surface area contributed by atoms with E-state index in [1.54, 1.807) is 4.68 Å². The van der Waals surface area contributed by atoms with Crippen LogP contribution in [0.3, 0.4) is 0 Å². The van der Waals surface area contributed by atoms with Crippen LogP contribution in [0.4, 0.5) is 0 Å². The lowest BCUT2D eigenvalue weighted by Gasteiger charge is -2.01. The molecule has 1 heterocycles. The average Bonchev–Trinajstić information content (AvgIpc) is 2.56. The second-order valence-corrected chi connectivity index (χ2v) is 3.54. The van der Waals surface area contributed by atoms with E-state index in [4.69, 9.17) is 0 Å². The first-order valence-corrected chi connectivity index (χ1v) is 5.02. The fraction of sp³-hybridized carbons (Fsp3) is 0.167. The van der Waals surface area contributed by atoms with E-state index in [0.717, 1.165) is 17.5 Å². The van der Waals surface area contributed by atoms with E-state index in [-0.39, 0.29) is 12.1 Å². The van der Waals surface area contributed by atoms with Crippen LogP contribution in [-0.2, 0) is 11.3 Å². The summed E-state index contributed by atoms with van der Waals surface area (Å²) in [7, 11) is 0. The molecule has 0 spiro atoms. The number of hydrogen-bond donors (Lipinski definition) is 1. The van der Waals surface area contributed by atoms with Gasteiger partial charge in [0.2, 0.25) is 0 Å². The van der Waals surface area contributed by atoms with Crippen molar-refractivity contribution in [3.63, 3.8) is 0 Å². The monoisotopic (exact) mass is 216 g/mol. The molecule has 0 aliphatic heterocycles. The van der Waals surface area contributed by atoms with Gasteiger partial charge in [0.25, 0.3) is 5.56 Å². The first-order chi connectivity index (χ1) is 7.74. The van der Waals surface area contributed by atoms with E-state index in [1.165, 1.54) is 0 Å². The Labute approximate surface area is 92.5 Å². The Morgan fingerprint density at radius 1 is 1.31 bits per heavy atom. The Hall–Kier alpha value is -2.10. The molecule has 16 heavy (non-hydrogen) atoms. The predicted molar refractivity (Wildman–Crippen MR) is 61.3 cm³/mol. The van der Waals surface area contributed by atoms with Crippen LogP contribution in [-0.4, -0.2) is 16.1 Å². The molecule has 82 valence electrons. The van der Waals surface area contributed by atoms with E-state index >= 15 is 0 Å². The van der Waals surface area contributed by atoms with Crippen LogP contribution in [0.25, 0.3) is 11.1 Å². The number of H-pyrrole nitrogens is 1. The highest BCUT2D eigenvalue weighted by Gasteiger charge is 2.11. The first kappa shape index (κ1) is 10.4. The van der Waals surface area contributed by atoms with Gasteiger partial charge in [-0.05, 0) is 12.5 Å². The number of aldehydes is 1. The summed E-state index contributed by atoms with van der Waals surface area (Å²) in [6.45, 7) is 2.00. The molecule has 1 aromatic carbocycles. The third-order valence-corrected chi connectivity index (χ3v) is 2.55. The zero-order valence-corrected chi connectivity index (χ0v) is 8.93. The minimum atomic E-state index is -0.162.